The maximum atomic E-state index is 13.4. The number of amides is 2. The summed E-state index contributed by atoms with van der Waals surface area (Å²) in [5.41, 5.74) is 2.55. The third-order valence-corrected chi connectivity index (χ3v) is 7.48. The molecule has 34 heavy (non-hydrogen) atoms. The number of methoxy groups -OCH3 is 3. The van der Waals surface area contributed by atoms with Gasteiger partial charge in [0.05, 0.1) is 43.6 Å². The average Bonchev–Trinajstić information content (AvgIpc) is 2.76. The number of hydrogen-bond acceptors (Lipinski definition) is 7. The Morgan fingerprint density at radius 2 is 1.59 bits per heavy atom. The number of carbonyl (C=O) groups excluding carboxylic acids is 2. The molecule has 2 aromatic carbocycles. The average molecular weight is 489 g/mol. The molecule has 0 radical (unpaired) electrons. The van der Waals surface area contributed by atoms with Crippen molar-refractivity contribution in [3.05, 3.63) is 63.9 Å². The van der Waals surface area contributed by atoms with Crippen LogP contribution in [0.3, 0.4) is 0 Å². The third kappa shape index (κ3) is 4.86. The van der Waals surface area contributed by atoms with Crippen molar-refractivity contribution in [2.45, 2.75) is 31.7 Å². The monoisotopic (exact) mass is 488 g/mol. The van der Waals surface area contributed by atoms with E-state index in [1.807, 2.05) is 6.92 Å². The van der Waals surface area contributed by atoms with Gasteiger partial charge in [0.1, 0.15) is 0 Å². The SMILES string of the molecule is COC(=O)C1=C(CS(=O)(=O)c2c(C)cc(C)cc2C)NC(=O)N[C@@H]1c1ccc(OC)c(OC)c1. The van der Waals surface area contributed by atoms with E-state index in [2.05, 4.69) is 10.6 Å². The van der Waals surface area contributed by atoms with Gasteiger partial charge in [0.2, 0.25) is 0 Å². The van der Waals surface area contributed by atoms with Gasteiger partial charge in [0.25, 0.3) is 0 Å². The summed E-state index contributed by atoms with van der Waals surface area (Å²) in [4.78, 5) is 25.5. The highest BCUT2D eigenvalue weighted by Gasteiger charge is 2.36. The van der Waals surface area contributed by atoms with E-state index in [9.17, 15) is 18.0 Å². The number of nitrogens with one attached hydrogen (secondary N) is 2. The topological polar surface area (TPSA) is 120 Å². The van der Waals surface area contributed by atoms with E-state index in [1.54, 1.807) is 44.2 Å². The van der Waals surface area contributed by atoms with Crippen molar-refractivity contribution >= 4 is 21.8 Å². The molecule has 0 fully saturated rings. The summed E-state index contributed by atoms with van der Waals surface area (Å²) in [6.07, 6.45) is 0. The molecule has 1 aliphatic rings. The van der Waals surface area contributed by atoms with Crippen molar-refractivity contribution in [1.82, 2.24) is 10.6 Å². The molecule has 2 N–H and O–H groups in total. The summed E-state index contributed by atoms with van der Waals surface area (Å²) in [6.45, 7) is 5.32. The van der Waals surface area contributed by atoms with Crippen LogP contribution in [0.4, 0.5) is 4.79 Å². The minimum absolute atomic E-state index is 0.0136. The summed E-state index contributed by atoms with van der Waals surface area (Å²) in [7, 11) is 0.224. The van der Waals surface area contributed by atoms with Gasteiger partial charge in [0, 0.05) is 5.70 Å². The van der Waals surface area contributed by atoms with Crippen LogP contribution in [0.1, 0.15) is 28.3 Å². The second-order valence-corrected chi connectivity index (χ2v) is 9.94. The molecule has 2 amide bonds. The van der Waals surface area contributed by atoms with Crippen molar-refractivity contribution in [2.24, 2.45) is 0 Å². The van der Waals surface area contributed by atoms with Gasteiger partial charge >= 0.3 is 12.0 Å². The highest BCUT2D eigenvalue weighted by molar-refractivity contribution is 7.91. The number of sulfone groups is 1. The van der Waals surface area contributed by atoms with E-state index in [1.165, 1.54) is 21.3 Å². The Labute approximate surface area is 199 Å². The quantitative estimate of drug-likeness (QED) is 0.575. The lowest BCUT2D eigenvalue weighted by atomic mass is 9.95. The van der Waals surface area contributed by atoms with Crippen molar-refractivity contribution in [1.29, 1.82) is 0 Å². The van der Waals surface area contributed by atoms with Crippen LogP contribution in [0.25, 0.3) is 0 Å². The normalized spacial score (nSPS) is 15.9. The molecule has 1 atom stereocenters. The molecule has 2 aromatic rings. The Morgan fingerprint density at radius 1 is 0.971 bits per heavy atom. The fourth-order valence-electron chi connectivity index (χ4n) is 4.28. The Bertz CT molecular complexity index is 1260. The zero-order chi connectivity index (χ0) is 25.2. The Morgan fingerprint density at radius 3 is 2.15 bits per heavy atom. The zero-order valence-corrected chi connectivity index (χ0v) is 20.8. The summed E-state index contributed by atoms with van der Waals surface area (Å²) in [5.74, 6) is -0.505. The van der Waals surface area contributed by atoms with Gasteiger partial charge in [-0.25, -0.2) is 18.0 Å². The van der Waals surface area contributed by atoms with E-state index in [4.69, 9.17) is 14.2 Å². The van der Waals surface area contributed by atoms with Crippen LogP contribution in [0.15, 0.2) is 46.5 Å². The Kier molecular flexibility index (Phi) is 7.21. The molecule has 0 spiro atoms. The Hall–Kier alpha value is -3.53. The number of ether oxygens (including phenoxy) is 3. The Balaban J connectivity index is 2.16. The smallest absolute Gasteiger partial charge is 0.338 e. The van der Waals surface area contributed by atoms with Gasteiger partial charge in [0.15, 0.2) is 21.3 Å². The molecular weight excluding hydrogens is 460 g/mol. The first kappa shape index (κ1) is 25.1. The number of rotatable bonds is 7. The first-order chi connectivity index (χ1) is 16.0. The largest absolute Gasteiger partial charge is 0.493 e. The molecule has 0 saturated heterocycles. The van der Waals surface area contributed by atoms with Crippen LogP contribution in [-0.4, -0.2) is 47.5 Å². The summed E-state index contributed by atoms with van der Waals surface area (Å²) >= 11 is 0. The molecule has 9 nitrogen and oxygen atoms in total. The summed E-state index contributed by atoms with van der Waals surface area (Å²) in [6, 6.07) is 6.85. The van der Waals surface area contributed by atoms with Crippen LogP contribution in [0.5, 0.6) is 11.5 Å². The second kappa shape index (κ2) is 9.76. The predicted molar refractivity (Wildman–Crippen MR) is 126 cm³/mol. The lowest BCUT2D eigenvalue weighted by molar-refractivity contribution is -0.136. The molecule has 0 aromatic heterocycles. The van der Waals surface area contributed by atoms with Crippen LogP contribution in [-0.2, 0) is 19.4 Å². The molecule has 1 heterocycles. The first-order valence-corrected chi connectivity index (χ1v) is 12.1. The molecule has 0 aliphatic carbocycles. The summed E-state index contributed by atoms with van der Waals surface area (Å²) in [5, 5.41) is 5.17. The molecule has 1 aliphatic heterocycles. The van der Waals surface area contributed by atoms with E-state index in [0.717, 1.165) is 5.56 Å². The van der Waals surface area contributed by atoms with Gasteiger partial charge in [-0.15, -0.1) is 0 Å². The zero-order valence-electron chi connectivity index (χ0n) is 19.9. The standard InChI is InChI=1S/C24H28N2O7S/c1-13-9-14(2)22(15(3)10-13)34(29,30)12-17-20(23(27)33-6)21(26-24(28)25-17)16-7-8-18(31-4)19(11-16)32-5/h7-11,21H,12H2,1-6H3,(H2,25,26,28)/t21-/m1/s1. The van der Waals surface area contributed by atoms with Gasteiger partial charge in [-0.1, -0.05) is 23.8 Å². The summed E-state index contributed by atoms with van der Waals surface area (Å²) < 4.78 is 42.4. The van der Waals surface area contributed by atoms with E-state index in [-0.39, 0.29) is 16.2 Å². The molecule has 10 heteroatoms. The lowest BCUT2D eigenvalue weighted by Gasteiger charge is -2.29. The highest BCUT2D eigenvalue weighted by atomic mass is 32.2. The fourth-order valence-corrected chi connectivity index (χ4v) is 6.14. The van der Waals surface area contributed by atoms with E-state index in [0.29, 0.717) is 28.2 Å². The number of hydrogen-bond donors (Lipinski definition) is 2. The number of benzene rings is 2. The third-order valence-electron chi connectivity index (χ3n) is 5.55. The van der Waals surface area contributed by atoms with Gasteiger partial charge < -0.3 is 24.8 Å². The van der Waals surface area contributed by atoms with Gasteiger partial charge in [-0.05, 0) is 49.6 Å². The minimum atomic E-state index is -3.92. The van der Waals surface area contributed by atoms with Crippen LogP contribution < -0.4 is 20.1 Å². The first-order valence-electron chi connectivity index (χ1n) is 10.4. The van der Waals surface area contributed by atoms with Gasteiger partial charge in [-0.2, -0.15) is 0 Å². The minimum Gasteiger partial charge on any atom is -0.493 e. The maximum absolute atomic E-state index is 13.4. The van der Waals surface area contributed by atoms with E-state index >= 15 is 0 Å². The van der Waals surface area contributed by atoms with E-state index < -0.39 is 33.6 Å². The highest BCUT2D eigenvalue weighted by Crippen LogP contribution is 2.35. The molecular formula is C24H28N2O7S. The number of urea groups is 1. The fraction of sp³-hybridized carbons (Fsp3) is 0.333. The van der Waals surface area contributed by atoms with Gasteiger partial charge in [-0.3, -0.25) is 0 Å². The number of carbonyl (C=O) groups is 2. The lowest BCUT2D eigenvalue weighted by Crippen LogP contribution is -2.47. The van der Waals surface area contributed by atoms with Crippen LogP contribution in [0, 0.1) is 20.8 Å². The molecule has 0 saturated carbocycles. The van der Waals surface area contributed by atoms with Crippen molar-refractivity contribution in [3.8, 4) is 11.5 Å². The van der Waals surface area contributed by atoms with Crippen LogP contribution >= 0.6 is 0 Å². The van der Waals surface area contributed by atoms with Crippen LogP contribution in [0.2, 0.25) is 0 Å². The molecule has 0 bridgehead atoms. The number of aryl methyl sites for hydroxylation is 3. The second-order valence-electron chi connectivity index (χ2n) is 8.02. The van der Waals surface area contributed by atoms with Crippen molar-refractivity contribution in [3.63, 3.8) is 0 Å². The molecule has 182 valence electrons. The molecule has 3 rings (SSSR count). The van der Waals surface area contributed by atoms with Crippen molar-refractivity contribution in [2.75, 3.05) is 27.1 Å². The van der Waals surface area contributed by atoms with Crippen molar-refractivity contribution < 1.29 is 32.2 Å². The molecule has 0 unspecified atom stereocenters. The maximum Gasteiger partial charge on any atom is 0.338 e. The number of esters is 1. The predicted octanol–water partition coefficient (Wildman–Crippen LogP) is 2.88.